The lowest BCUT2D eigenvalue weighted by molar-refractivity contribution is -0.116. The summed E-state index contributed by atoms with van der Waals surface area (Å²) in [5.74, 6) is -0.139. The zero-order chi connectivity index (χ0) is 15.9. The number of aryl methyl sites for hydroxylation is 1. The molecule has 0 spiro atoms. The van der Waals surface area contributed by atoms with Crippen molar-refractivity contribution in [1.29, 1.82) is 5.26 Å². The standard InChI is InChI=1S/C16H14ClN3O2/c17-13-5-8-16(22)20(11-13)9-1-2-15(21)19-14-6-3-12(10-18)4-7-14/h3-8,11H,1-2,9H2,(H,19,21). The Kier molecular flexibility index (Phi) is 5.34. The lowest BCUT2D eigenvalue weighted by Gasteiger charge is -2.07. The van der Waals surface area contributed by atoms with Crippen molar-refractivity contribution >= 4 is 23.2 Å². The number of amides is 1. The van der Waals surface area contributed by atoms with Crippen molar-refractivity contribution in [2.24, 2.45) is 0 Å². The van der Waals surface area contributed by atoms with Crippen LogP contribution >= 0.6 is 11.6 Å². The maximum atomic E-state index is 11.8. The first kappa shape index (κ1) is 15.8. The molecule has 1 N–H and O–H groups in total. The Balaban J connectivity index is 1.84. The molecule has 0 aliphatic carbocycles. The number of nitrogens with zero attached hydrogens (tertiary/aromatic N) is 2. The zero-order valence-corrected chi connectivity index (χ0v) is 12.5. The van der Waals surface area contributed by atoms with Gasteiger partial charge < -0.3 is 9.88 Å². The van der Waals surface area contributed by atoms with Crippen molar-refractivity contribution in [3.8, 4) is 6.07 Å². The molecular formula is C16H14ClN3O2. The fourth-order valence-corrected chi connectivity index (χ4v) is 2.12. The van der Waals surface area contributed by atoms with E-state index in [1.54, 1.807) is 30.5 Å². The maximum Gasteiger partial charge on any atom is 0.250 e. The first-order valence-corrected chi connectivity index (χ1v) is 7.12. The lowest BCUT2D eigenvalue weighted by atomic mass is 10.2. The van der Waals surface area contributed by atoms with Crippen LogP contribution in [0.5, 0.6) is 0 Å². The third-order valence-corrected chi connectivity index (χ3v) is 3.27. The molecule has 1 aromatic carbocycles. The summed E-state index contributed by atoms with van der Waals surface area (Å²) in [5, 5.41) is 11.9. The van der Waals surface area contributed by atoms with E-state index in [2.05, 4.69) is 5.32 Å². The third-order valence-electron chi connectivity index (χ3n) is 3.05. The highest BCUT2D eigenvalue weighted by molar-refractivity contribution is 6.30. The van der Waals surface area contributed by atoms with E-state index in [0.717, 1.165) is 0 Å². The van der Waals surface area contributed by atoms with Crippen LogP contribution in [-0.2, 0) is 11.3 Å². The van der Waals surface area contributed by atoms with Crippen molar-refractivity contribution < 1.29 is 4.79 Å². The number of halogens is 1. The number of nitrogens with one attached hydrogen (secondary N) is 1. The molecule has 0 fully saturated rings. The Bertz CT molecular complexity index is 760. The van der Waals surface area contributed by atoms with Crippen LogP contribution in [0.1, 0.15) is 18.4 Å². The average Bonchev–Trinajstić information content (AvgIpc) is 2.51. The maximum absolute atomic E-state index is 11.8. The van der Waals surface area contributed by atoms with E-state index in [1.165, 1.54) is 16.7 Å². The van der Waals surface area contributed by atoms with E-state index in [1.807, 2.05) is 6.07 Å². The van der Waals surface area contributed by atoms with Crippen LogP contribution < -0.4 is 10.9 Å². The Hall–Kier alpha value is -2.58. The highest BCUT2D eigenvalue weighted by Gasteiger charge is 2.04. The van der Waals surface area contributed by atoms with Gasteiger partial charge in [0, 0.05) is 30.9 Å². The number of rotatable bonds is 5. The fourth-order valence-electron chi connectivity index (χ4n) is 1.94. The molecule has 2 rings (SSSR count). The van der Waals surface area contributed by atoms with Crippen LogP contribution in [0.25, 0.3) is 0 Å². The molecule has 0 unspecified atom stereocenters. The number of aromatic nitrogens is 1. The van der Waals surface area contributed by atoms with Crippen LogP contribution in [0.3, 0.4) is 0 Å². The molecule has 2 aromatic rings. The minimum atomic E-state index is -0.142. The molecule has 0 bridgehead atoms. The van der Waals surface area contributed by atoms with Gasteiger partial charge in [0.25, 0.3) is 5.56 Å². The Morgan fingerprint density at radius 1 is 1.23 bits per heavy atom. The molecule has 112 valence electrons. The molecule has 5 nitrogen and oxygen atoms in total. The zero-order valence-electron chi connectivity index (χ0n) is 11.8. The number of nitriles is 1. The molecule has 0 saturated heterocycles. The summed E-state index contributed by atoms with van der Waals surface area (Å²) >= 11 is 5.83. The predicted octanol–water partition coefficient (Wildman–Crippen LogP) is 2.79. The summed E-state index contributed by atoms with van der Waals surface area (Å²) in [4.78, 5) is 23.4. The summed E-state index contributed by atoms with van der Waals surface area (Å²) in [6, 6.07) is 11.6. The van der Waals surface area contributed by atoms with Crippen LogP contribution in [-0.4, -0.2) is 10.5 Å². The molecular weight excluding hydrogens is 302 g/mol. The molecule has 1 heterocycles. The van der Waals surface area contributed by atoms with Crippen LogP contribution in [0.15, 0.2) is 47.4 Å². The third kappa shape index (κ3) is 4.47. The highest BCUT2D eigenvalue weighted by atomic mass is 35.5. The lowest BCUT2D eigenvalue weighted by Crippen LogP contribution is -2.19. The number of benzene rings is 1. The summed E-state index contributed by atoms with van der Waals surface area (Å²) in [7, 11) is 0. The molecule has 0 saturated carbocycles. The van der Waals surface area contributed by atoms with Gasteiger partial charge in [0.2, 0.25) is 5.91 Å². The molecule has 0 atom stereocenters. The van der Waals surface area contributed by atoms with E-state index < -0.39 is 0 Å². The number of anilines is 1. The van der Waals surface area contributed by atoms with E-state index in [4.69, 9.17) is 16.9 Å². The smallest absolute Gasteiger partial charge is 0.250 e. The van der Waals surface area contributed by atoms with Gasteiger partial charge >= 0.3 is 0 Å². The van der Waals surface area contributed by atoms with Crippen LogP contribution in [0.4, 0.5) is 5.69 Å². The van der Waals surface area contributed by atoms with Gasteiger partial charge in [-0.1, -0.05) is 11.6 Å². The van der Waals surface area contributed by atoms with Gasteiger partial charge in [-0.2, -0.15) is 5.26 Å². The van der Waals surface area contributed by atoms with Gasteiger partial charge in [-0.3, -0.25) is 9.59 Å². The number of hydrogen-bond donors (Lipinski definition) is 1. The van der Waals surface area contributed by atoms with Crippen LogP contribution in [0, 0.1) is 11.3 Å². The molecule has 0 aliphatic heterocycles. The summed E-state index contributed by atoms with van der Waals surface area (Å²) in [5.41, 5.74) is 1.04. The Morgan fingerprint density at radius 3 is 2.64 bits per heavy atom. The van der Waals surface area contributed by atoms with Crippen LogP contribution in [0.2, 0.25) is 5.02 Å². The number of hydrogen-bond acceptors (Lipinski definition) is 3. The molecule has 1 amide bonds. The SMILES string of the molecule is N#Cc1ccc(NC(=O)CCCn2cc(Cl)ccc2=O)cc1. The second-order valence-corrected chi connectivity index (χ2v) is 5.16. The van der Waals surface area contributed by atoms with Gasteiger partial charge in [0.05, 0.1) is 16.7 Å². The summed E-state index contributed by atoms with van der Waals surface area (Å²) in [6.07, 6.45) is 2.38. The predicted molar refractivity (Wildman–Crippen MR) is 84.7 cm³/mol. The molecule has 22 heavy (non-hydrogen) atoms. The van der Waals surface area contributed by atoms with Crippen molar-refractivity contribution in [3.63, 3.8) is 0 Å². The van der Waals surface area contributed by atoms with Crippen molar-refractivity contribution in [2.75, 3.05) is 5.32 Å². The minimum Gasteiger partial charge on any atom is -0.326 e. The van der Waals surface area contributed by atoms with E-state index >= 15 is 0 Å². The van der Waals surface area contributed by atoms with E-state index in [-0.39, 0.29) is 11.5 Å². The Labute approximate surface area is 132 Å². The average molecular weight is 316 g/mol. The summed E-state index contributed by atoms with van der Waals surface area (Å²) < 4.78 is 1.48. The number of carbonyl (C=O) groups excluding carboxylic acids is 1. The Morgan fingerprint density at radius 2 is 1.95 bits per heavy atom. The minimum absolute atomic E-state index is 0.139. The number of carbonyl (C=O) groups is 1. The monoisotopic (exact) mass is 315 g/mol. The molecule has 1 aromatic heterocycles. The van der Waals surface area contributed by atoms with E-state index in [9.17, 15) is 9.59 Å². The quantitative estimate of drug-likeness (QED) is 0.922. The summed E-state index contributed by atoms with van der Waals surface area (Å²) in [6.45, 7) is 0.431. The van der Waals surface area contributed by atoms with Gasteiger partial charge in [-0.25, -0.2) is 0 Å². The van der Waals surface area contributed by atoms with Crippen molar-refractivity contribution in [3.05, 3.63) is 63.5 Å². The topological polar surface area (TPSA) is 74.9 Å². The highest BCUT2D eigenvalue weighted by Crippen LogP contribution is 2.10. The molecule has 0 radical (unpaired) electrons. The van der Waals surface area contributed by atoms with Crippen molar-refractivity contribution in [1.82, 2.24) is 4.57 Å². The van der Waals surface area contributed by atoms with E-state index in [0.29, 0.717) is 35.7 Å². The normalized spacial score (nSPS) is 10.0. The first-order chi connectivity index (χ1) is 10.6. The first-order valence-electron chi connectivity index (χ1n) is 6.74. The molecule has 6 heteroatoms. The van der Waals surface area contributed by atoms with Crippen molar-refractivity contribution in [2.45, 2.75) is 19.4 Å². The second-order valence-electron chi connectivity index (χ2n) is 4.72. The van der Waals surface area contributed by atoms with Gasteiger partial charge in [-0.15, -0.1) is 0 Å². The largest absolute Gasteiger partial charge is 0.326 e. The second kappa shape index (κ2) is 7.43. The fraction of sp³-hybridized carbons (Fsp3) is 0.188. The number of pyridine rings is 1. The van der Waals surface area contributed by atoms with Gasteiger partial charge in [-0.05, 0) is 36.8 Å². The van der Waals surface area contributed by atoms with Gasteiger partial charge in [0.15, 0.2) is 0 Å². The van der Waals surface area contributed by atoms with Gasteiger partial charge in [0.1, 0.15) is 0 Å². The molecule has 0 aliphatic rings.